The Morgan fingerprint density at radius 2 is 0.949 bits per heavy atom. The van der Waals surface area contributed by atoms with Gasteiger partial charge in [0, 0.05) is 77.2 Å². The quantitative estimate of drug-likeness (QED) is 0.0219. The number of amides is 14. The van der Waals surface area contributed by atoms with Crippen molar-refractivity contribution in [2.45, 2.75) is 158 Å². The lowest BCUT2D eigenvalue weighted by Crippen LogP contribution is -2.62. The zero-order chi connectivity index (χ0) is 85.0. The van der Waals surface area contributed by atoms with E-state index in [4.69, 9.17) is 39.9 Å². The topological polar surface area (TPSA) is 575 Å². The molecule has 0 spiro atoms. The molecule has 3 heterocycles. The largest absolute Gasteiger partial charge is 0.394 e. The highest BCUT2D eigenvalue weighted by Crippen LogP contribution is 2.24. The molecule has 1 saturated heterocycles. The number of rotatable bonds is 22. The summed E-state index contributed by atoms with van der Waals surface area (Å²) in [7, 11) is 0. The lowest BCUT2D eigenvalue weighted by atomic mass is 9.98. The Balaban J connectivity index is 1.16. The molecule has 1 aliphatic heterocycles. The van der Waals surface area contributed by atoms with Crippen molar-refractivity contribution in [3.8, 4) is 0 Å². The number of carbonyl (C=O) groups is 14. The van der Waals surface area contributed by atoms with Gasteiger partial charge < -0.3 is 107 Å². The second kappa shape index (κ2) is 44.1. The molecule has 0 radical (unpaired) electrons. The van der Waals surface area contributed by atoms with Crippen molar-refractivity contribution in [2.75, 3.05) is 37.7 Å². The maximum atomic E-state index is 15.1. The maximum absolute atomic E-state index is 15.1. The van der Waals surface area contributed by atoms with E-state index in [0.717, 1.165) is 22.5 Å². The van der Waals surface area contributed by atoms with Crippen LogP contribution in [0.4, 0.5) is 0 Å². The minimum absolute atomic E-state index is 0.0116. The Morgan fingerprint density at radius 3 is 1.50 bits per heavy atom. The number of aliphatic hydroxyl groups is 1. The molecular weight excluding hydrogens is 1550 g/mol. The van der Waals surface area contributed by atoms with E-state index in [1.54, 1.807) is 113 Å². The van der Waals surface area contributed by atoms with Crippen LogP contribution in [0.3, 0.4) is 0 Å². The molecule has 2 aromatic heterocycles. The number of thioether (sulfide) groups is 1. The average Bonchev–Trinajstić information content (AvgIpc) is 1.73. The Bertz CT molecular complexity index is 4730. The van der Waals surface area contributed by atoms with Crippen LogP contribution >= 0.6 is 23.4 Å². The summed E-state index contributed by atoms with van der Waals surface area (Å²) in [5.74, 6) is -16.4. The van der Waals surface area contributed by atoms with E-state index in [2.05, 4.69) is 79.1 Å². The minimum atomic E-state index is -1.88. The molecule has 626 valence electrons. The molecule has 8 rings (SSSR count). The number of nitrogens with one attached hydrogen (secondary N) is 16. The van der Waals surface area contributed by atoms with Crippen molar-refractivity contribution >= 4 is 145 Å². The van der Waals surface area contributed by atoms with Crippen LogP contribution in [0.5, 0.6) is 0 Å². The molecule has 0 saturated carbocycles. The number of guanidine groups is 1. The number of aromatic amines is 2. The lowest BCUT2D eigenvalue weighted by Gasteiger charge is -2.29. The predicted molar refractivity (Wildman–Crippen MR) is 440 cm³/mol. The van der Waals surface area contributed by atoms with Crippen LogP contribution in [0.2, 0.25) is 5.02 Å². The number of H-pyrrole nitrogens is 2. The first kappa shape index (κ1) is 90.4. The van der Waals surface area contributed by atoms with Gasteiger partial charge in [-0.2, -0.15) is 0 Å². The van der Waals surface area contributed by atoms with Crippen LogP contribution < -0.4 is 92.1 Å². The number of nitrogens with two attached hydrogens (primary N) is 4. The second-order valence-electron chi connectivity index (χ2n) is 29.2. The van der Waals surface area contributed by atoms with Crippen molar-refractivity contribution in [2.24, 2.45) is 34.8 Å². The number of carbonyl (C=O) groups excluding carboxylic acids is 14. The van der Waals surface area contributed by atoms with Crippen molar-refractivity contribution in [1.82, 2.24) is 79.1 Å². The molecule has 5 aromatic carbocycles. The van der Waals surface area contributed by atoms with E-state index in [1.165, 1.54) is 12.1 Å². The van der Waals surface area contributed by atoms with Gasteiger partial charge in [0.2, 0.25) is 82.7 Å². The number of unbranched alkanes of at least 4 members (excludes halogenated alkanes) is 1. The van der Waals surface area contributed by atoms with Crippen LogP contribution in [0.15, 0.2) is 128 Å². The van der Waals surface area contributed by atoms with E-state index in [1.807, 2.05) is 30.3 Å². The predicted octanol–water partition coefficient (Wildman–Crippen LogP) is -1.02. The molecule has 7 aromatic rings. The van der Waals surface area contributed by atoms with Gasteiger partial charge in [0.15, 0.2) is 5.96 Å². The Morgan fingerprint density at radius 1 is 0.496 bits per heavy atom. The minimum Gasteiger partial charge on any atom is -0.394 e. The smallest absolute Gasteiger partial charge is 0.245 e. The summed E-state index contributed by atoms with van der Waals surface area (Å²) < 4.78 is 0. The second-order valence-corrected chi connectivity index (χ2v) is 30.7. The molecule has 1 fully saturated rings. The zero-order valence-electron chi connectivity index (χ0n) is 65.2. The van der Waals surface area contributed by atoms with E-state index >= 15 is 14.4 Å². The number of benzene rings is 5. The summed E-state index contributed by atoms with van der Waals surface area (Å²) in [4.78, 5) is 208. The van der Waals surface area contributed by atoms with Crippen LogP contribution in [0.25, 0.3) is 32.6 Å². The molecule has 1 aliphatic rings. The summed E-state index contributed by atoms with van der Waals surface area (Å²) in [5, 5.41) is 55.5. The van der Waals surface area contributed by atoms with Crippen LogP contribution in [0, 0.1) is 17.2 Å². The van der Waals surface area contributed by atoms with Gasteiger partial charge in [-0.25, -0.2) is 0 Å². The first-order valence-electron chi connectivity index (χ1n) is 38.3. The molecular formula is C80H103ClN20O15S. The zero-order valence-corrected chi connectivity index (χ0v) is 66.8. The normalized spacial score (nSPS) is 22.4. The monoisotopic (exact) mass is 1650 g/mol. The third-order valence-corrected chi connectivity index (χ3v) is 20.8. The summed E-state index contributed by atoms with van der Waals surface area (Å²) in [6.45, 7) is 4.60. The lowest BCUT2D eigenvalue weighted by molar-refractivity contribution is -0.137. The van der Waals surface area contributed by atoms with Gasteiger partial charge in [-0.1, -0.05) is 130 Å². The summed E-state index contributed by atoms with van der Waals surface area (Å²) in [5.41, 5.74) is 26.5. The van der Waals surface area contributed by atoms with Gasteiger partial charge in [-0.05, 0) is 108 Å². The van der Waals surface area contributed by atoms with Crippen molar-refractivity contribution in [3.05, 3.63) is 155 Å². The number of para-hydroxylation sites is 2. The molecule has 0 unspecified atom stereocenters. The standard InChI is InChI=1S/C80H103ClN20O15S/c1-42(2)67-78(115)93-56(20-11-12-28-82)72(109)95-59(33-48-36-88-53-18-9-7-16-51(48)53)76(113)101-68(43(3)4)79(116)99-63(69(84)106)40-117-41-66(105)92-57(32-45-22-25-46-14-5-6-15-47(46)30-45)73(110)94-58(31-44-23-26-50(81)27-24-44)74(111)98-62(39-102)70(107)90-38-65(104)91-55(21-13-29-87-80(85)86)71(108)97-61(35-64(83)103)75(112)96-60(77(114)100-67)34-49-37-89-54-19-10-8-17-52(49)54/h5-10,14-19,22-27,30,36-37,42-43,55-63,67-68,88-89,102H,11-13,20-21,28-29,31-35,38-41,82H2,1-4H3,(H2,83,103)(H2,84,106)(H,90,107)(H,91,104)(H,92,105)(H,93,115)(H,94,110)(H,95,109)(H,96,112)(H,97,108)(H,98,111)(H,99,116)(H,100,114)(H,101,113)(H4,85,86,87)/t55-,56-,57-,58-,59-,60-,61-,62-,63-,67-,68-/m0/s1. The molecule has 35 nitrogen and oxygen atoms in total. The first-order valence-corrected chi connectivity index (χ1v) is 39.9. The van der Waals surface area contributed by atoms with Gasteiger partial charge in [-0.15, -0.1) is 11.8 Å². The number of primary amides is 2. The summed E-state index contributed by atoms with van der Waals surface area (Å²) in [6.07, 6.45) is 1.78. The average molecular weight is 1650 g/mol. The fourth-order valence-electron chi connectivity index (χ4n) is 13.2. The highest BCUT2D eigenvalue weighted by atomic mass is 35.5. The van der Waals surface area contributed by atoms with Crippen LogP contribution in [0.1, 0.15) is 88.5 Å². The molecule has 0 aliphatic carbocycles. The fourth-order valence-corrected chi connectivity index (χ4v) is 14.2. The molecule has 25 N–H and O–H groups in total. The van der Waals surface area contributed by atoms with Gasteiger partial charge in [0.05, 0.1) is 25.3 Å². The number of halogens is 1. The molecule has 117 heavy (non-hydrogen) atoms. The molecule has 37 heteroatoms. The van der Waals surface area contributed by atoms with Crippen LogP contribution in [-0.2, 0) is 92.8 Å². The van der Waals surface area contributed by atoms with Gasteiger partial charge in [-0.3, -0.25) is 72.5 Å². The van der Waals surface area contributed by atoms with Crippen molar-refractivity contribution < 1.29 is 72.2 Å². The highest BCUT2D eigenvalue weighted by Gasteiger charge is 2.39. The number of fused-ring (bicyclic) bond motifs is 3. The maximum Gasteiger partial charge on any atom is 0.245 e. The van der Waals surface area contributed by atoms with E-state index in [-0.39, 0.29) is 70.2 Å². The van der Waals surface area contributed by atoms with Gasteiger partial charge >= 0.3 is 0 Å². The highest BCUT2D eigenvalue weighted by molar-refractivity contribution is 8.00. The van der Waals surface area contributed by atoms with Crippen molar-refractivity contribution in [3.63, 3.8) is 0 Å². The fraction of sp³-hybridized carbons (Fsp3) is 0.412. The number of aliphatic hydroxyl groups excluding tert-OH is 1. The number of aromatic nitrogens is 2. The van der Waals surface area contributed by atoms with E-state index in [9.17, 15) is 57.8 Å². The van der Waals surface area contributed by atoms with Crippen molar-refractivity contribution in [1.29, 1.82) is 5.41 Å². The van der Waals surface area contributed by atoms with E-state index in [0.29, 0.717) is 55.5 Å². The van der Waals surface area contributed by atoms with Gasteiger partial charge in [0.1, 0.15) is 66.5 Å². The third kappa shape index (κ3) is 27.2. The SMILES string of the molecule is CC(C)[C@@H]1NC(=O)[C@H](Cc2c[nH]c3ccccc23)NC(=O)[C@H](CCCCN)NC(=O)[C@H](C(C)C)NC(=O)[C@H](Cc2c[nH]c3ccccc23)NC(=O)[C@H](CC(N)=O)NC(=O)[C@H](CCCNC(=N)N)NC(=O)CNC(=O)[C@H](CO)NC(=O)[C@H](Cc2ccc(Cl)cc2)NC(=O)[C@H](Cc2ccc3ccccc3c2)NC(=O)CSC[C@@H](C(N)=O)NC1=O. The molecule has 0 bridgehead atoms. The molecule has 11 atom stereocenters. The van der Waals surface area contributed by atoms with Crippen LogP contribution in [-0.4, -0.2) is 208 Å². The van der Waals surface area contributed by atoms with E-state index < -0.39 is 192 Å². The Hall–Kier alpha value is -12.2. The van der Waals surface area contributed by atoms with Gasteiger partial charge in [0.25, 0.3) is 0 Å². The molecule has 14 amide bonds. The number of hydrogen-bond acceptors (Lipinski definition) is 18. The number of hydrogen-bond donors (Lipinski definition) is 21. The first-order chi connectivity index (χ1) is 55.9. The Kier molecular flexibility index (Phi) is 34.1. The summed E-state index contributed by atoms with van der Waals surface area (Å²) in [6, 6.07) is 15.8. The Labute approximate surface area is 683 Å². The summed E-state index contributed by atoms with van der Waals surface area (Å²) >= 11 is 7.09. The third-order valence-electron chi connectivity index (χ3n) is 19.5.